The minimum Gasteiger partial charge on any atom is -0.385 e. The van der Waals surface area contributed by atoms with Gasteiger partial charge in [-0.3, -0.25) is 4.79 Å². The molecule has 0 fully saturated rings. The minimum atomic E-state index is -0.866. The Kier molecular flexibility index (Phi) is 4.32. The van der Waals surface area contributed by atoms with Gasteiger partial charge in [-0.15, -0.1) is 0 Å². The summed E-state index contributed by atoms with van der Waals surface area (Å²) in [7, 11) is 0. The van der Waals surface area contributed by atoms with Crippen molar-refractivity contribution in [3.05, 3.63) is 30.1 Å². The van der Waals surface area contributed by atoms with Crippen LogP contribution in [0.5, 0.6) is 0 Å². The number of aromatic nitrogens is 2. The molecular formula is C15H20N2O2. The molecule has 0 bridgehead atoms. The molecule has 0 aliphatic rings. The first-order valence-electron chi connectivity index (χ1n) is 6.82. The fourth-order valence-corrected chi connectivity index (χ4v) is 2.32. The zero-order valence-electron chi connectivity index (χ0n) is 11.5. The average molecular weight is 260 g/mol. The van der Waals surface area contributed by atoms with Gasteiger partial charge in [0.05, 0.1) is 17.5 Å². The van der Waals surface area contributed by atoms with Gasteiger partial charge in [0.25, 0.3) is 0 Å². The van der Waals surface area contributed by atoms with Gasteiger partial charge in [0.1, 0.15) is 11.9 Å². The third-order valence-corrected chi connectivity index (χ3v) is 3.32. The molecule has 19 heavy (non-hydrogen) atoms. The van der Waals surface area contributed by atoms with Crippen molar-refractivity contribution in [2.24, 2.45) is 0 Å². The van der Waals surface area contributed by atoms with Crippen LogP contribution in [0, 0.1) is 0 Å². The monoisotopic (exact) mass is 260 g/mol. The lowest BCUT2D eigenvalue weighted by atomic mass is 10.1. The normalized spacial score (nSPS) is 12.8. The molecule has 1 aromatic heterocycles. The van der Waals surface area contributed by atoms with Gasteiger partial charge in [0.15, 0.2) is 5.78 Å². The summed E-state index contributed by atoms with van der Waals surface area (Å²) in [4.78, 5) is 16.4. The SMILES string of the molecule is CCCC(O)C(=O)Cc1nc2ccccc2n1CC. The molecule has 4 nitrogen and oxygen atoms in total. The second-order valence-corrected chi connectivity index (χ2v) is 4.71. The van der Waals surface area contributed by atoms with E-state index >= 15 is 0 Å². The van der Waals surface area contributed by atoms with Crippen LogP contribution in [0.3, 0.4) is 0 Å². The third-order valence-electron chi connectivity index (χ3n) is 3.32. The summed E-state index contributed by atoms with van der Waals surface area (Å²) in [6.07, 6.45) is 0.654. The van der Waals surface area contributed by atoms with Crippen LogP contribution in [-0.2, 0) is 17.8 Å². The van der Waals surface area contributed by atoms with Crippen LogP contribution in [0.2, 0.25) is 0 Å². The topological polar surface area (TPSA) is 55.1 Å². The second kappa shape index (κ2) is 5.97. The van der Waals surface area contributed by atoms with Crippen LogP contribution in [-0.4, -0.2) is 26.5 Å². The predicted molar refractivity (Wildman–Crippen MR) is 75.0 cm³/mol. The predicted octanol–water partition coefficient (Wildman–Crippen LogP) is 2.33. The van der Waals surface area contributed by atoms with Crippen LogP contribution < -0.4 is 0 Å². The molecule has 4 heteroatoms. The van der Waals surface area contributed by atoms with Gasteiger partial charge in [-0.05, 0) is 25.5 Å². The summed E-state index contributed by atoms with van der Waals surface area (Å²) in [6, 6.07) is 7.85. The van der Waals surface area contributed by atoms with Crippen LogP contribution >= 0.6 is 0 Å². The van der Waals surface area contributed by atoms with Crippen molar-refractivity contribution in [1.82, 2.24) is 9.55 Å². The number of carbonyl (C=O) groups excluding carboxylic acids is 1. The van der Waals surface area contributed by atoms with E-state index in [1.54, 1.807) is 0 Å². The van der Waals surface area contributed by atoms with Crippen molar-refractivity contribution in [3.8, 4) is 0 Å². The Labute approximate surface area is 113 Å². The first kappa shape index (κ1) is 13.7. The first-order valence-corrected chi connectivity index (χ1v) is 6.82. The molecule has 1 N–H and O–H groups in total. The van der Waals surface area contributed by atoms with Gasteiger partial charge in [-0.1, -0.05) is 25.5 Å². The summed E-state index contributed by atoms with van der Waals surface area (Å²) < 4.78 is 2.03. The quantitative estimate of drug-likeness (QED) is 0.867. The van der Waals surface area contributed by atoms with E-state index in [1.807, 2.05) is 42.7 Å². The molecule has 102 valence electrons. The Balaban J connectivity index is 2.27. The Bertz CT molecular complexity index is 575. The lowest BCUT2D eigenvalue weighted by Gasteiger charge is -2.09. The van der Waals surface area contributed by atoms with Crippen molar-refractivity contribution in [3.63, 3.8) is 0 Å². The number of hydrogen-bond donors (Lipinski definition) is 1. The number of aliphatic hydroxyl groups is 1. The van der Waals surface area contributed by atoms with E-state index in [0.717, 1.165) is 29.8 Å². The number of Topliss-reactive ketones (excluding diaryl/α,β-unsaturated/α-hetero) is 1. The average Bonchev–Trinajstić information content (AvgIpc) is 2.75. The number of imidazole rings is 1. The molecule has 2 aromatic rings. The molecule has 1 atom stereocenters. The molecule has 1 aromatic carbocycles. The van der Waals surface area contributed by atoms with Crippen LogP contribution in [0.4, 0.5) is 0 Å². The van der Waals surface area contributed by atoms with Crippen molar-refractivity contribution >= 4 is 16.8 Å². The molecule has 0 aliphatic heterocycles. The first-order chi connectivity index (χ1) is 9.17. The number of carbonyl (C=O) groups is 1. The highest BCUT2D eigenvalue weighted by molar-refractivity contribution is 5.85. The molecule has 0 saturated carbocycles. The largest absolute Gasteiger partial charge is 0.385 e. The number of benzene rings is 1. The van der Waals surface area contributed by atoms with Crippen molar-refractivity contribution in [1.29, 1.82) is 0 Å². The number of aliphatic hydroxyl groups excluding tert-OH is 1. The molecule has 0 radical (unpaired) electrons. The van der Waals surface area contributed by atoms with Gasteiger partial charge in [-0.2, -0.15) is 0 Å². The molecule has 2 rings (SSSR count). The zero-order valence-corrected chi connectivity index (χ0v) is 11.5. The van der Waals surface area contributed by atoms with Gasteiger partial charge < -0.3 is 9.67 Å². The molecule has 0 spiro atoms. The third kappa shape index (κ3) is 2.84. The maximum absolute atomic E-state index is 11.9. The van der Waals surface area contributed by atoms with E-state index in [1.165, 1.54) is 0 Å². The van der Waals surface area contributed by atoms with E-state index in [0.29, 0.717) is 6.42 Å². The Morgan fingerprint density at radius 3 is 2.79 bits per heavy atom. The van der Waals surface area contributed by atoms with Gasteiger partial charge in [0.2, 0.25) is 0 Å². The van der Waals surface area contributed by atoms with Crippen molar-refractivity contribution in [2.75, 3.05) is 0 Å². The summed E-state index contributed by atoms with van der Waals surface area (Å²) in [5, 5.41) is 9.73. The fourth-order valence-electron chi connectivity index (χ4n) is 2.32. The number of aryl methyl sites for hydroxylation is 1. The van der Waals surface area contributed by atoms with Gasteiger partial charge >= 0.3 is 0 Å². The van der Waals surface area contributed by atoms with Crippen molar-refractivity contribution in [2.45, 2.75) is 45.8 Å². The number of nitrogens with zero attached hydrogens (tertiary/aromatic N) is 2. The maximum Gasteiger partial charge on any atom is 0.168 e. The smallest absolute Gasteiger partial charge is 0.168 e. The van der Waals surface area contributed by atoms with Crippen LogP contribution in [0.1, 0.15) is 32.5 Å². The summed E-state index contributed by atoms with van der Waals surface area (Å²) in [5.74, 6) is 0.593. The minimum absolute atomic E-state index is 0.146. The summed E-state index contributed by atoms with van der Waals surface area (Å²) in [5.41, 5.74) is 1.94. The Morgan fingerprint density at radius 1 is 1.37 bits per heavy atom. The van der Waals surface area contributed by atoms with Gasteiger partial charge in [-0.25, -0.2) is 4.98 Å². The highest BCUT2D eigenvalue weighted by Gasteiger charge is 2.18. The zero-order chi connectivity index (χ0) is 13.8. The van der Waals surface area contributed by atoms with Gasteiger partial charge in [0, 0.05) is 6.54 Å². The number of rotatable bonds is 6. The van der Waals surface area contributed by atoms with Crippen molar-refractivity contribution < 1.29 is 9.90 Å². The summed E-state index contributed by atoms with van der Waals surface area (Å²) in [6.45, 7) is 4.76. The standard InChI is InChI=1S/C15H20N2O2/c1-3-7-13(18)14(19)10-15-16-11-8-5-6-9-12(11)17(15)4-2/h5-6,8-9,13,18H,3-4,7,10H2,1-2H3. The molecule has 1 unspecified atom stereocenters. The number of fused-ring (bicyclic) bond motifs is 1. The summed E-state index contributed by atoms with van der Waals surface area (Å²) >= 11 is 0. The highest BCUT2D eigenvalue weighted by Crippen LogP contribution is 2.17. The van der Waals surface area contributed by atoms with E-state index < -0.39 is 6.10 Å². The molecule has 0 aliphatic carbocycles. The van der Waals surface area contributed by atoms with Crippen LogP contribution in [0.25, 0.3) is 11.0 Å². The number of para-hydroxylation sites is 2. The number of hydrogen-bond acceptors (Lipinski definition) is 3. The van der Waals surface area contributed by atoms with Crippen LogP contribution in [0.15, 0.2) is 24.3 Å². The Morgan fingerprint density at radius 2 is 2.11 bits per heavy atom. The number of ketones is 1. The van der Waals surface area contributed by atoms with E-state index in [9.17, 15) is 9.90 Å². The van der Waals surface area contributed by atoms with E-state index in [4.69, 9.17) is 0 Å². The van der Waals surface area contributed by atoms with E-state index in [-0.39, 0.29) is 12.2 Å². The fraction of sp³-hybridized carbons (Fsp3) is 0.467. The molecule has 0 amide bonds. The lowest BCUT2D eigenvalue weighted by Crippen LogP contribution is -2.23. The lowest BCUT2D eigenvalue weighted by molar-refractivity contribution is -0.126. The molecule has 0 saturated heterocycles. The van der Waals surface area contributed by atoms with E-state index in [2.05, 4.69) is 4.98 Å². The highest BCUT2D eigenvalue weighted by atomic mass is 16.3. The second-order valence-electron chi connectivity index (χ2n) is 4.71. The molecular weight excluding hydrogens is 240 g/mol. The molecule has 1 heterocycles. The maximum atomic E-state index is 11.9. The Hall–Kier alpha value is -1.68.